The maximum atomic E-state index is 9.81. The Morgan fingerprint density at radius 1 is 1.23 bits per heavy atom. The van der Waals surface area contributed by atoms with E-state index < -0.39 is 0 Å². The van der Waals surface area contributed by atoms with Crippen LogP contribution in [0.15, 0.2) is 28.7 Å². The highest BCUT2D eigenvalue weighted by molar-refractivity contribution is 5.85. The van der Waals surface area contributed by atoms with Gasteiger partial charge in [0.1, 0.15) is 11.3 Å². The van der Waals surface area contributed by atoms with E-state index in [1.165, 1.54) is 0 Å². The van der Waals surface area contributed by atoms with E-state index >= 15 is 0 Å². The van der Waals surface area contributed by atoms with Crippen LogP contribution in [0.3, 0.4) is 0 Å². The van der Waals surface area contributed by atoms with Crippen molar-refractivity contribution in [1.82, 2.24) is 0 Å². The third-order valence-electron chi connectivity index (χ3n) is 2.54. The summed E-state index contributed by atoms with van der Waals surface area (Å²) in [5.74, 6) is 1.59. The molecule has 0 atom stereocenters. The van der Waals surface area contributed by atoms with Gasteiger partial charge in [0, 0.05) is 5.92 Å². The number of fused-ring (bicyclic) bond motifs is 1. The largest absolute Gasteiger partial charge is 0.504 e. The van der Waals surface area contributed by atoms with Crippen molar-refractivity contribution >= 4 is 11.0 Å². The predicted molar refractivity (Wildman–Crippen MR) is 49.9 cm³/mol. The first-order valence-corrected chi connectivity index (χ1v) is 4.56. The lowest BCUT2D eigenvalue weighted by atomic mass is 10.2. The molecule has 2 nitrogen and oxygen atoms in total. The molecular weight excluding hydrogens is 164 g/mol. The van der Waals surface area contributed by atoms with Crippen LogP contribution in [0.25, 0.3) is 11.0 Å². The summed E-state index contributed by atoms with van der Waals surface area (Å²) in [6, 6.07) is 7.61. The number of benzene rings is 1. The number of aromatic hydroxyl groups is 1. The summed E-state index contributed by atoms with van der Waals surface area (Å²) in [5, 5.41) is 10.6. The van der Waals surface area contributed by atoms with Crippen molar-refractivity contribution in [2.75, 3.05) is 0 Å². The highest BCUT2D eigenvalue weighted by Crippen LogP contribution is 2.47. The third-order valence-corrected chi connectivity index (χ3v) is 2.54. The van der Waals surface area contributed by atoms with Gasteiger partial charge in [0.25, 0.3) is 0 Å². The molecule has 0 saturated heterocycles. The average molecular weight is 174 g/mol. The Hall–Kier alpha value is -1.44. The lowest BCUT2D eigenvalue weighted by Gasteiger charge is -1.89. The van der Waals surface area contributed by atoms with Crippen molar-refractivity contribution in [3.05, 3.63) is 30.0 Å². The van der Waals surface area contributed by atoms with Crippen molar-refractivity contribution in [3.63, 3.8) is 0 Å². The van der Waals surface area contributed by atoms with Gasteiger partial charge in [-0.05, 0) is 25.0 Å². The summed E-state index contributed by atoms with van der Waals surface area (Å²) in [6.07, 6.45) is 2.29. The van der Waals surface area contributed by atoms with E-state index in [2.05, 4.69) is 0 Å². The smallest absolute Gasteiger partial charge is 0.165 e. The van der Waals surface area contributed by atoms with Gasteiger partial charge in [0.15, 0.2) is 5.75 Å². The van der Waals surface area contributed by atoms with Gasteiger partial charge in [-0.25, -0.2) is 0 Å². The number of para-hydroxylation sites is 1. The molecule has 0 unspecified atom stereocenters. The Labute approximate surface area is 75.8 Å². The number of hydrogen-bond donors (Lipinski definition) is 1. The molecule has 2 aromatic rings. The molecule has 1 saturated carbocycles. The fourth-order valence-electron chi connectivity index (χ4n) is 1.67. The molecule has 0 spiro atoms. The fourth-order valence-corrected chi connectivity index (χ4v) is 1.67. The number of hydrogen-bond acceptors (Lipinski definition) is 2. The van der Waals surface area contributed by atoms with Crippen LogP contribution >= 0.6 is 0 Å². The Balaban J connectivity index is 2.30. The normalized spacial score (nSPS) is 16.6. The van der Waals surface area contributed by atoms with Crippen LogP contribution in [0.5, 0.6) is 5.75 Å². The molecule has 0 bridgehead atoms. The lowest BCUT2D eigenvalue weighted by molar-refractivity contribution is 0.441. The molecule has 0 radical (unpaired) electrons. The highest BCUT2D eigenvalue weighted by Gasteiger charge is 2.31. The summed E-state index contributed by atoms with van der Waals surface area (Å²) < 4.78 is 5.57. The van der Waals surface area contributed by atoms with Crippen LogP contribution in [-0.4, -0.2) is 5.11 Å². The number of furan rings is 1. The van der Waals surface area contributed by atoms with E-state index in [-0.39, 0.29) is 0 Å². The summed E-state index contributed by atoms with van der Waals surface area (Å²) in [6.45, 7) is 0. The Morgan fingerprint density at radius 2 is 2.00 bits per heavy atom. The molecule has 1 heterocycles. The minimum absolute atomic E-state index is 0.345. The summed E-state index contributed by atoms with van der Waals surface area (Å²) in [5.41, 5.74) is 0.793. The monoisotopic (exact) mass is 174 g/mol. The van der Waals surface area contributed by atoms with Gasteiger partial charge >= 0.3 is 0 Å². The first-order valence-electron chi connectivity index (χ1n) is 4.56. The van der Waals surface area contributed by atoms with E-state index in [0.717, 1.165) is 29.6 Å². The zero-order valence-electron chi connectivity index (χ0n) is 7.16. The highest BCUT2D eigenvalue weighted by atomic mass is 16.4. The Morgan fingerprint density at radius 3 is 2.69 bits per heavy atom. The van der Waals surface area contributed by atoms with Crippen molar-refractivity contribution < 1.29 is 9.52 Å². The van der Waals surface area contributed by atoms with Crippen molar-refractivity contribution in [3.8, 4) is 5.75 Å². The molecule has 0 aliphatic heterocycles. The standard InChI is InChI=1S/C11H10O2/c12-10-8-3-1-2-4-9(8)13-11(10)7-5-6-7/h1-4,7,12H,5-6H2. The van der Waals surface area contributed by atoms with Gasteiger partial charge in [-0.15, -0.1) is 0 Å². The molecule has 2 heteroatoms. The summed E-state index contributed by atoms with van der Waals surface area (Å²) in [4.78, 5) is 0. The Kier molecular flexibility index (Phi) is 1.23. The van der Waals surface area contributed by atoms with Crippen LogP contribution < -0.4 is 0 Å². The predicted octanol–water partition coefficient (Wildman–Crippen LogP) is 3.02. The third kappa shape index (κ3) is 0.949. The molecule has 13 heavy (non-hydrogen) atoms. The number of rotatable bonds is 1. The lowest BCUT2D eigenvalue weighted by Crippen LogP contribution is -1.71. The topological polar surface area (TPSA) is 33.4 Å². The van der Waals surface area contributed by atoms with Crippen LogP contribution in [0.4, 0.5) is 0 Å². The van der Waals surface area contributed by atoms with Crippen molar-refractivity contribution in [2.24, 2.45) is 0 Å². The molecule has 1 aromatic heterocycles. The second-order valence-corrected chi connectivity index (χ2v) is 3.59. The zero-order chi connectivity index (χ0) is 8.84. The first-order chi connectivity index (χ1) is 6.36. The molecule has 0 amide bonds. The Bertz CT molecular complexity index is 452. The SMILES string of the molecule is Oc1c(C2CC2)oc2ccccc12. The van der Waals surface area contributed by atoms with Gasteiger partial charge < -0.3 is 9.52 Å². The molecule has 3 rings (SSSR count). The van der Waals surface area contributed by atoms with E-state index in [9.17, 15) is 5.11 Å². The quantitative estimate of drug-likeness (QED) is 0.720. The minimum Gasteiger partial charge on any atom is -0.504 e. The maximum Gasteiger partial charge on any atom is 0.165 e. The minimum atomic E-state index is 0.345. The zero-order valence-corrected chi connectivity index (χ0v) is 7.16. The van der Waals surface area contributed by atoms with Crippen LogP contribution in [-0.2, 0) is 0 Å². The molecule has 1 N–H and O–H groups in total. The molecule has 1 aliphatic carbocycles. The van der Waals surface area contributed by atoms with Crippen LogP contribution in [0, 0.1) is 0 Å². The van der Waals surface area contributed by atoms with Crippen molar-refractivity contribution in [1.29, 1.82) is 0 Å². The van der Waals surface area contributed by atoms with E-state index in [1.54, 1.807) is 0 Å². The molecule has 1 aromatic carbocycles. The second-order valence-electron chi connectivity index (χ2n) is 3.59. The maximum absolute atomic E-state index is 9.81. The second kappa shape index (κ2) is 2.28. The van der Waals surface area contributed by atoms with E-state index in [0.29, 0.717) is 11.7 Å². The molecule has 66 valence electrons. The van der Waals surface area contributed by atoms with Gasteiger partial charge in [-0.1, -0.05) is 12.1 Å². The van der Waals surface area contributed by atoms with E-state index in [4.69, 9.17) is 4.42 Å². The van der Waals surface area contributed by atoms with Crippen LogP contribution in [0.1, 0.15) is 24.5 Å². The first kappa shape index (κ1) is 7.01. The van der Waals surface area contributed by atoms with Crippen LogP contribution in [0.2, 0.25) is 0 Å². The summed E-state index contributed by atoms with van der Waals surface area (Å²) >= 11 is 0. The average Bonchev–Trinajstić information content (AvgIpc) is 2.94. The fraction of sp³-hybridized carbons (Fsp3) is 0.273. The molecule has 1 aliphatic rings. The van der Waals surface area contributed by atoms with E-state index in [1.807, 2.05) is 24.3 Å². The summed E-state index contributed by atoms with van der Waals surface area (Å²) in [7, 11) is 0. The van der Waals surface area contributed by atoms with Gasteiger partial charge in [-0.3, -0.25) is 0 Å². The molecular formula is C11H10O2. The van der Waals surface area contributed by atoms with Gasteiger partial charge in [0.2, 0.25) is 0 Å². The van der Waals surface area contributed by atoms with Crippen molar-refractivity contribution in [2.45, 2.75) is 18.8 Å². The van der Waals surface area contributed by atoms with Gasteiger partial charge in [-0.2, -0.15) is 0 Å². The molecule has 1 fully saturated rings. The van der Waals surface area contributed by atoms with Gasteiger partial charge in [0.05, 0.1) is 5.39 Å².